The van der Waals surface area contributed by atoms with Crippen molar-refractivity contribution in [3.05, 3.63) is 37.3 Å². The van der Waals surface area contributed by atoms with Crippen molar-refractivity contribution in [3.63, 3.8) is 0 Å². The van der Waals surface area contributed by atoms with Gasteiger partial charge in [-0.25, -0.2) is 19.3 Å². The highest BCUT2D eigenvalue weighted by Crippen LogP contribution is 2.43. The maximum Gasteiger partial charge on any atom is 0.349 e. The van der Waals surface area contributed by atoms with Crippen molar-refractivity contribution in [2.45, 2.75) is 45.6 Å². The molecule has 1 aliphatic carbocycles. The number of hydrogen-bond donors (Lipinski definition) is 1. The highest BCUT2D eigenvalue weighted by Gasteiger charge is 2.30. The molecule has 1 aliphatic heterocycles. The minimum absolute atomic E-state index is 0.234. The topological polar surface area (TPSA) is 79.2 Å². The normalized spacial score (nSPS) is 17.5. The van der Waals surface area contributed by atoms with Crippen LogP contribution >= 0.6 is 11.3 Å². The number of nitrogens with zero attached hydrogens (tertiary/aromatic N) is 5. The molecule has 1 fully saturated rings. The van der Waals surface area contributed by atoms with Crippen molar-refractivity contribution in [2.75, 3.05) is 11.4 Å². The molecule has 3 aromatic heterocycles. The summed E-state index contributed by atoms with van der Waals surface area (Å²) in [5.41, 5.74) is 2.95. The Balaban J connectivity index is 1.55. The second-order valence-electron chi connectivity index (χ2n) is 6.68. The van der Waals surface area contributed by atoms with Gasteiger partial charge in [0, 0.05) is 35.0 Å². The van der Waals surface area contributed by atoms with E-state index in [-0.39, 0.29) is 5.69 Å². The lowest BCUT2D eigenvalue weighted by atomic mass is 10.1. The summed E-state index contributed by atoms with van der Waals surface area (Å²) >= 11 is 1.86. The predicted molar refractivity (Wildman–Crippen MR) is 91.9 cm³/mol. The van der Waals surface area contributed by atoms with E-state index in [1.807, 2.05) is 25.2 Å². The van der Waals surface area contributed by atoms with E-state index in [2.05, 4.69) is 20.1 Å². The third-order valence-corrected chi connectivity index (χ3v) is 6.29. The monoisotopic (exact) mass is 342 g/mol. The molecule has 0 spiro atoms. The van der Waals surface area contributed by atoms with Gasteiger partial charge in [-0.3, -0.25) is 0 Å². The number of H-pyrrole nitrogens is 1. The van der Waals surface area contributed by atoms with Crippen molar-refractivity contribution in [1.82, 2.24) is 24.6 Å². The Bertz CT molecular complexity index is 1010. The second-order valence-corrected chi connectivity index (χ2v) is 7.79. The first-order valence-electron chi connectivity index (χ1n) is 8.29. The summed E-state index contributed by atoms with van der Waals surface area (Å²) in [6, 6.07) is 0. The fraction of sp³-hybridized carbons (Fsp3) is 0.500. The zero-order valence-electron chi connectivity index (χ0n) is 13.7. The maximum absolute atomic E-state index is 11.9. The van der Waals surface area contributed by atoms with Crippen LogP contribution in [0.3, 0.4) is 0 Å². The van der Waals surface area contributed by atoms with Gasteiger partial charge in [-0.15, -0.1) is 16.4 Å². The lowest BCUT2D eigenvalue weighted by Gasteiger charge is -2.28. The lowest BCUT2D eigenvalue weighted by Crippen LogP contribution is -2.31. The summed E-state index contributed by atoms with van der Waals surface area (Å²) in [4.78, 5) is 25.0. The van der Waals surface area contributed by atoms with Crippen LogP contribution in [0.5, 0.6) is 0 Å². The first-order chi connectivity index (χ1) is 11.6. The molecule has 0 radical (unpaired) electrons. The van der Waals surface area contributed by atoms with Crippen molar-refractivity contribution < 1.29 is 0 Å². The third-order valence-electron chi connectivity index (χ3n) is 5.05. The molecule has 24 heavy (non-hydrogen) atoms. The van der Waals surface area contributed by atoms with Crippen LogP contribution in [0, 0.1) is 13.8 Å². The summed E-state index contributed by atoms with van der Waals surface area (Å²) in [6.07, 6.45) is 3.54. The smallest absolute Gasteiger partial charge is 0.349 e. The Kier molecular flexibility index (Phi) is 2.88. The van der Waals surface area contributed by atoms with E-state index < -0.39 is 0 Å². The fourth-order valence-electron chi connectivity index (χ4n) is 3.38. The van der Waals surface area contributed by atoms with Gasteiger partial charge < -0.3 is 4.90 Å². The Hall–Kier alpha value is -2.22. The molecular formula is C16H18N6OS. The highest BCUT2D eigenvalue weighted by molar-refractivity contribution is 7.11. The van der Waals surface area contributed by atoms with Crippen LogP contribution < -0.4 is 10.6 Å². The van der Waals surface area contributed by atoms with E-state index in [9.17, 15) is 4.79 Å². The van der Waals surface area contributed by atoms with Crippen molar-refractivity contribution >= 4 is 22.9 Å². The van der Waals surface area contributed by atoms with E-state index in [0.29, 0.717) is 11.7 Å². The van der Waals surface area contributed by atoms with E-state index in [1.54, 1.807) is 0 Å². The number of nitrogens with one attached hydrogen (secondary N) is 1. The van der Waals surface area contributed by atoms with Gasteiger partial charge in [-0.2, -0.15) is 4.98 Å². The van der Waals surface area contributed by atoms with Crippen LogP contribution in [0.25, 0.3) is 5.78 Å². The predicted octanol–water partition coefficient (Wildman–Crippen LogP) is 1.93. The number of rotatable bonds is 2. The molecule has 8 heteroatoms. The number of fused-ring (bicyclic) bond motifs is 2. The zero-order valence-corrected chi connectivity index (χ0v) is 14.5. The summed E-state index contributed by atoms with van der Waals surface area (Å²) < 4.78 is 1.53. The molecular weight excluding hydrogens is 324 g/mol. The van der Waals surface area contributed by atoms with Gasteiger partial charge in [0.25, 0.3) is 5.78 Å². The average molecular weight is 342 g/mol. The molecule has 0 bridgehead atoms. The molecule has 1 N–H and O–H groups in total. The first-order valence-corrected chi connectivity index (χ1v) is 9.11. The Morgan fingerprint density at radius 1 is 1.25 bits per heavy atom. The summed E-state index contributed by atoms with van der Waals surface area (Å²) in [6.45, 7) is 5.71. The molecule has 3 aromatic rings. The largest absolute Gasteiger partial charge is 0.351 e. The molecule has 0 saturated heterocycles. The summed E-state index contributed by atoms with van der Waals surface area (Å²) in [5.74, 6) is 2.07. The molecule has 0 aromatic carbocycles. The summed E-state index contributed by atoms with van der Waals surface area (Å²) in [5, 5.41) is 7.83. The van der Waals surface area contributed by atoms with Gasteiger partial charge in [-0.05, 0) is 26.7 Å². The molecule has 2 aliphatic rings. The Morgan fingerprint density at radius 3 is 2.88 bits per heavy atom. The lowest BCUT2D eigenvalue weighted by molar-refractivity contribution is 0.711. The fourth-order valence-corrected chi connectivity index (χ4v) is 4.68. The van der Waals surface area contributed by atoms with E-state index in [4.69, 9.17) is 4.98 Å². The van der Waals surface area contributed by atoms with Crippen LogP contribution in [-0.4, -0.2) is 31.1 Å². The van der Waals surface area contributed by atoms with E-state index in [0.717, 1.165) is 36.6 Å². The molecule has 5 rings (SSSR count). The molecule has 7 nitrogen and oxygen atoms in total. The first kappa shape index (κ1) is 14.2. The van der Waals surface area contributed by atoms with Crippen LogP contribution in [0.2, 0.25) is 0 Å². The van der Waals surface area contributed by atoms with Crippen molar-refractivity contribution in [3.8, 4) is 0 Å². The quantitative estimate of drug-likeness (QED) is 0.770. The standard InChI is InChI=1S/C16H18N6OS/c1-8-9(2)22-15(19-20-16(22)23)18-13(8)21-6-5-11-12(7-21)24-14(17-11)10-3-4-10/h10H,3-7H2,1-2H3,(H,20,23). The van der Waals surface area contributed by atoms with Crippen LogP contribution in [0.1, 0.15) is 45.6 Å². The Morgan fingerprint density at radius 2 is 2.08 bits per heavy atom. The number of thiazole rings is 1. The molecule has 1 saturated carbocycles. The number of aromatic amines is 1. The van der Waals surface area contributed by atoms with Gasteiger partial charge in [0.05, 0.1) is 17.2 Å². The van der Waals surface area contributed by atoms with Gasteiger partial charge in [-0.1, -0.05) is 0 Å². The number of hydrogen-bond acceptors (Lipinski definition) is 6. The number of anilines is 1. The minimum atomic E-state index is -0.234. The molecule has 0 atom stereocenters. The molecule has 124 valence electrons. The highest BCUT2D eigenvalue weighted by atomic mass is 32.1. The summed E-state index contributed by atoms with van der Waals surface area (Å²) in [7, 11) is 0. The molecule has 0 unspecified atom stereocenters. The molecule has 4 heterocycles. The number of aromatic nitrogens is 5. The van der Waals surface area contributed by atoms with Crippen LogP contribution in [-0.2, 0) is 13.0 Å². The molecule has 0 amide bonds. The SMILES string of the molecule is Cc1c(N2CCc3nc(C4CC4)sc3C2)nc2n[nH]c(=O)n2c1C. The van der Waals surface area contributed by atoms with E-state index >= 15 is 0 Å². The Labute approximate surface area is 142 Å². The van der Waals surface area contributed by atoms with Crippen molar-refractivity contribution in [2.24, 2.45) is 0 Å². The van der Waals surface area contributed by atoms with Crippen LogP contribution in [0.4, 0.5) is 5.82 Å². The van der Waals surface area contributed by atoms with E-state index in [1.165, 1.54) is 32.8 Å². The third kappa shape index (κ3) is 2.02. The average Bonchev–Trinajstić information content (AvgIpc) is 3.24. The second kappa shape index (κ2) is 4.89. The zero-order chi connectivity index (χ0) is 16.4. The maximum atomic E-state index is 11.9. The van der Waals surface area contributed by atoms with Crippen LogP contribution in [0.15, 0.2) is 4.79 Å². The van der Waals surface area contributed by atoms with Gasteiger partial charge in [0.2, 0.25) is 0 Å². The van der Waals surface area contributed by atoms with Gasteiger partial charge >= 0.3 is 5.69 Å². The van der Waals surface area contributed by atoms with Crippen molar-refractivity contribution in [1.29, 1.82) is 0 Å². The number of aryl methyl sites for hydroxylation is 1. The van der Waals surface area contributed by atoms with Gasteiger partial charge in [0.1, 0.15) is 5.82 Å². The van der Waals surface area contributed by atoms with Gasteiger partial charge in [0.15, 0.2) is 0 Å². The minimum Gasteiger partial charge on any atom is -0.351 e.